The second kappa shape index (κ2) is 8.75. The Labute approximate surface area is 159 Å². The van der Waals surface area contributed by atoms with Crippen molar-refractivity contribution in [2.24, 2.45) is 0 Å². The van der Waals surface area contributed by atoms with Crippen molar-refractivity contribution in [1.82, 2.24) is 10.4 Å². The van der Waals surface area contributed by atoms with Crippen molar-refractivity contribution >= 4 is 27.7 Å². The number of amides is 2. The molecule has 2 amide bonds. The minimum Gasteiger partial charge on any atom is -0.375 e. The number of ketones is 1. The Morgan fingerprint density at radius 3 is 2.31 bits per heavy atom. The lowest BCUT2D eigenvalue weighted by atomic mass is 9.96. The molecule has 0 aromatic heterocycles. The summed E-state index contributed by atoms with van der Waals surface area (Å²) in [4.78, 5) is 29.7. The highest BCUT2D eigenvalue weighted by molar-refractivity contribution is 9.10. The van der Waals surface area contributed by atoms with E-state index >= 15 is 0 Å². The number of hydrogen-bond acceptors (Lipinski definition) is 3. The predicted molar refractivity (Wildman–Crippen MR) is 94.7 cm³/mol. The largest absolute Gasteiger partial charge is 0.416 e. The molecule has 0 radical (unpaired) electrons. The predicted octanol–water partition coefficient (Wildman–Crippen LogP) is 4.94. The van der Waals surface area contributed by atoms with E-state index in [1.54, 1.807) is 20.8 Å². The maximum Gasteiger partial charge on any atom is 0.416 e. The number of rotatable bonds is 7. The SMILES string of the molecule is CCCC(=O)C(C)(C)NC(=O)N(CC)Oc1cc(Br)cc(C(F)(F)F)c1. The molecule has 0 atom stereocenters. The van der Waals surface area contributed by atoms with Gasteiger partial charge in [0.25, 0.3) is 0 Å². The highest BCUT2D eigenvalue weighted by atomic mass is 79.9. The number of hydroxylamine groups is 2. The lowest BCUT2D eigenvalue weighted by Gasteiger charge is -2.29. The van der Waals surface area contributed by atoms with Crippen LogP contribution < -0.4 is 10.2 Å². The number of urea groups is 1. The molecule has 0 heterocycles. The molecule has 1 aromatic rings. The van der Waals surface area contributed by atoms with Gasteiger partial charge in [0.1, 0.15) is 0 Å². The Balaban J connectivity index is 2.95. The quantitative estimate of drug-likeness (QED) is 0.613. The van der Waals surface area contributed by atoms with Crippen molar-refractivity contribution in [2.75, 3.05) is 6.54 Å². The fourth-order valence-corrected chi connectivity index (χ4v) is 2.57. The van der Waals surface area contributed by atoms with Crippen LogP contribution in [0, 0.1) is 0 Å². The van der Waals surface area contributed by atoms with Crippen LogP contribution in [0.5, 0.6) is 5.75 Å². The van der Waals surface area contributed by atoms with Gasteiger partial charge in [-0.2, -0.15) is 18.2 Å². The third kappa shape index (κ3) is 6.19. The van der Waals surface area contributed by atoms with Gasteiger partial charge < -0.3 is 10.2 Å². The summed E-state index contributed by atoms with van der Waals surface area (Å²) in [7, 11) is 0. The van der Waals surface area contributed by atoms with E-state index in [4.69, 9.17) is 4.84 Å². The van der Waals surface area contributed by atoms with E-state index in [0.717, 1.165) is 17.2 Å². The molecule has 0 fully saturated rings. The molecule has 1 N–H and O–H groups in total. The maximum atomic E-state index is 12.9. The Morgan fingerprint density at radius 1 is 1.19 bits per heavy atom. The van der Waals surface area contributed by atoms with Crippen LogP contribution in [0.15, 0.2) is 22.7 Å². The molecule has 0 aliphatic rings. The average Bonchev–Trinajstić information content (AvgIpc) is 2.50. The fourth-order valence-electron chi connectivity index (χ4n) is 2.09. The molecular weight excluding hydrogens is 417 g/mol. The maximum absolute atomic E-state index is 12.9. The smallest absolute Gasteiger partial charge is 0.375 e. The topological polar surface area (TPSA) is 58.6 Å². The van der Waals surface area contributed by atoms with Crippen molar-refractivity contribution in [1.29, 1.82) is 0 Å². The molecule has 9 heteroatoms. The van der Waals surface area contributed by atoms with E-state index in [-0.39, 0.29) is 22.6 Å². The van der Waals surface area contributed by atoms with Gasteiger partial charge in [0, 0.05) is 10.9 Å². The Hall–Kier alpha value is -1.77. The second-order valence-electron chi connectivity index (χ2n) is 6.19. The summed E-state index contributed by atoms with van der Waals surface area (Å²) in [5.41, 5.74) is -2.02. The number of alkyl halides is 3. The van der Waals surface area contributed by atoms with E-state index < -0.39 is 23.3 Å². The summed E-state index contributed by atoms with van der Waals surface area (Å²) in [5.74, 6) is -0.299. The molecule has 5 nitrogen and oxygen atoms in total. The average molecular weight is 439 g/mol. The first-order chi connectivity index (χ1) is 11.9. The third-order valence-corrected chi connectivity index (χ3v) is 3.98. The first-order valence-corrected chi connectivity index (χ1v) is 8.88. The molecule has 0 aliphatic heterocycles. The second-order valence-corrected chi connectivity index (χ2v) is 7.10. The van der Waals surface area contributed by atoms with Crippen LogP contribution in [0.4, 0.5) is 18.0 Å². The standard InChI is InChI=1S/C17H22BrF3N2O3/c1-5-7-14(24)16(3,4)22-15(25)23(6-2)26-13-9-11(17(19,20)21)8-12(18)10-13/h8-10H,5-7H2,1-4H3,(H,22,25). The highest BCUT2D eigenvalue weighted by Crippen LogP contribution is 2.34. The Morgan fingerprint density at radius 2 is 1.81 bits per heavy atom. The van der Waals surface area contributed by atoms with Gasteiger partial charge in [0.15, 0.2) is 11.5 Å². The normalized spacial score (nSPS) is 11.8. The van der Waals surface area contributed by atoms with Crippen molar-refractivity contribution in [3.8, 4) is 5.75 Å². The molecular formula is C17H22BrF3N2O3. The molecule has 0 saturated carbocycles. The third-order valence-electron chi connectivity index (χ3n) is 3.52. The molecule has 0 spiro atoms. The summed E-state index contributed by atoms with van der Waals surface area (Å²) < 4.78 is 38.9. The molecule has 0 aliphatic carbocycles. The number of Topliss-reactive ketones (excluding diaryl/α,β-unsaturated/α-hetero) is 1. The number of carbonyl (C=O) groups is 2. The fraction of sp³-hybridized carbons (Fsp3) is 0.529. The summed E-state index contributed by atoms with van der Waals surface area (Å²) >= 11 is 3.00. The summed E-state index contributed by atoms with van der Waals surface area (Å²) in [6.07, 6.45) is -3.60. The lowest BCUT2D eigenvalue weighted by molar-refractivity contribution is -0.138. The van der Waals surface area contributed by atoms with Crippen molar-refractivity contribution in [2.45, 2.75) is 52.3 Å². The number of hydrogen-bond donors (Lipinski definition) is 1. The number of halogens is 4. The Bertz CT molecular complexity index is 663. The van der Waals surface area contributed by atoms with Crippen LogP contribution in [0.1, 0.15) is 46.1 Å². The van der Waals surface area contributed by atoms with Crippen LogP contribution in [-0.2, 0) is 11.0 Å². The van der Waals surface area contributed by atoms with Crippen LogP contribution >= 0.6 is 15.9 Å². The lowest BCUT2D eigenvalue weighted by Crippen LogP contribution is -2.54. The van der Waals surface area contributed by atoms with E-state index in [0.29, 0.717) is 12.8 Å². The Kier molecular flexibility index (Phi) is 7.49. The van der Waals surface area contributed by atoms with Gasteiger partial charge in [-0.05, 0) is 45.4 Å². The van der Waals surface area contributed by atoms with Gasteiger partial charge in [-0.1, -0.05) is 22.9 Å². The van der Waals surface area contributed by atoms with Gasteiger partial charge >= 0.3 is 12.2 Å². The number of nitrogens with one attached hydrogen (secondary N) is 1. The summed E-state index contributed by atoms with van der Waals surface area (Å²) in [5, 5.41) is 3.41. The van der Waals surface area contributed by atoms with Crippen molar-refractivity contribution in [3.63, 3.8) is 0 Å². The molecule has 26 heavy (non-hydrogen) atoms. The van der Waals surface area contributed by atoms with E-state index in [2.05, 4.69) is 21.2 Å². The molecule has 146 valence electrons. The molecule has 0 bridgehead atoms. The van der Waals surface area contributed by atoms with Crippen molar-refractivity contribution in [3.05, 3.63) is 28.2 Å². The zero-order chi connectivity index (χ0) is 20.1. The highest BCUT2D eigenvalue weighted by Gasteiger charge is 2.33. The van der Waals surface area contributed by atoms with Gasteiger partial charge in [-0.25, -0.2) is 4.79 Å². The van der Waals surface area contributed by atoms with E-state index in [1.807, 2.05) is 6.92 Å². The monoisotopic (exact) mass is 438 g/mol. The first-order valence-electron chi connectivity index (χ1n) is 8.09. The molecule has 0 saturated heterocycles. The number of carbonyl (C=O) groups excluding carboxylic acids is 2. The van der Waals surface area contributed by atoms with Gasteiger partial charge in [0.2, 0.25) is 0 Å². The summed E-state index contributed by atoms with van der Waals surface area (Å²) in [6, 6.07) is 2.32. The van der Waals surface area contributed by atoms with Gasteiger partial charge in [-0.15, -0.1) is 0 Å². The van der Waals surface area contributed by atoms with Gasteiger partial charge in [-0.3, -0.25) is 4.79 Å². The molecule has 0 unspecified atom stereocenters. The van der Waals surface area contributed by atoms with Crippen LogP contribution in [0.25, 0.3) is 0 Å². The summed E-state index contributed by atoms with van der Waals surface area (Å²) in [6.45, 7) is 6.65. The zero-order valence-corrected chi connectivity index (χ0v) is 16.6. The van der Waals surface area contributed by atoms with E-state index in [9.17, 15) is 22.8 Å². The zero-order valence-electron chi connectivity index (χ0n) is 15.0. The van der Waals surface area contributed by atoms with Crippen LogP contribution in [0.2, 0.25) is 0 Å². The van der Waals surface area contributed by atoms with Crippen LogP contribution in [0.3, 0.4) is 0 Å². The van der Waals surface area contributed by atoms with Crippen molar-refractivity contribution < 1.29 is 27.6 Å². The minimum atomic E-state index is -4.55. The number of benzene rings is 1. The van der Waals surface area contributed by atoms with E-state index in [1.165, 1.54) is 6.07 Å². The van der Waals surface area contributed by atoms with Gasteiger partial charge in [0.05, 0.1) is 17.6 Å². The number of nitrogens with zero attached hydrogens (tertiary/aromatic N) is 1. The minimum absolute atomic E-state index is 0.0672. The molecule has 1 aromatic carbocycles. The molecule has 1 rings (SSSR count). The first kappa shape index (κ1) is 22.3. The van der Waals surface area contributed by atoms with Crippen LogP contribution in [-0.4, -0.2) is 29.0 Å².